The number of halogens is 4. The minimum Gasteiger partial charge on any atom is -0.465 e. The molecule has 1 aliphatic rings. The van der Waals surface area contributed by atoms with Gasteiger partial charge < -0.3 is 4.74 Å². The van der Waals surface area contributed by atoms with E-state index in [2.05, 4.69) is 10.2 Å². The van der Waals surface area contributed by atoms with Gasteiger partial charge in [-0.05, 0) is 12.8 Å². The van der Waals surface area contributed by atoms with Crippen molar-refractivity contribution in [1.29, 1.82) is 0 Å². The van der Waals surface area contributed by atoms with Gasteiger partial charge in [0.05, 0.1) is 6.20 Å². The summed E-state index contributed by atoms with van der Waals surface area (Å²) in [6, 6.07) is 1.39. The van der Waals surface area contributed by atoms with E-state index in [0.29, 0.717) is 12.8 Å². The number of aromatic amines is 1. The van der Waals surface area contributed by atoms with Gasteiger partial charge in [-0.3, -0.25) is 0 Å². The van der Waals surface area contributed by atoms with Crippen molar-refractivity contribution in [1.82, 2.24) is 10.2 Å². The Bertz CT molecular complexity index is 311. The Balaban J connectivity index is 0.00000128. The number of nitrogens with one attached hydrogen (secondary N) is 1. The van der Waals surface area contributed by atoms with Crippen LogP contribution >= 0.6 is 12.4 Å². The Morgan fingerprint density at radius 1 is 1.44 bits per heavy atom. The number of rotatable bonds is 3. The van der Waals surface area contributed by atoms with Crippen molar-refractivity contribution in [3.8, 4) is 5.88 Å². The van der Waals surface area contributed by atoms with Gasteiger partial charge in [0.2, 0.25) is 5.88 Å². The molecule has 1 fully saturated rings. The highest BCUT2D eigenvalue weighted by molar-refractivity contribution is 5.85. The van der Waals surface area contributed by atoms with Gasteiger partial charge in [-0.25, -0.2) is 5.10 Å². The molecule has 1 heterocycles. The van der Waals surface area contributed by atoms with Crippen LogP contribution in [-0.2, 0) is 0 Å². The van der Waals surface area contributed by atoms with Crippen molar-refractivity contribution in [3.05, 3.63) is 12.3 Å². The summed E-state index contributed by atoms with van der Waals surface area (Å²) in [4.78, 5) is 0. The van der Waals surface area contributed by atoms with Crippen LogP contribution in [-0.4, -0.2) is 22.5 Å². The minimum absolute atomic E-state index is 0. The number of alkyl halides is 3. The predicted molar refractivity (Wildman–Crippen MR) is 53.6 cm³/mol. The average Bonchev–Trinajstić information content (AvgIpc) is 2.50. The lowest BCUT2D eigenvalue weighted by atomic mass is 9.81. The molecular formula is C9H12ClF3N2O. The molecule has 1 aromatic rings. The van der Waals surface area contributed by atoms with E-state index >= 15 is 0 Å². The molecule has 1 unspecified atom stereocenters. The summed E-state index contributed by atoms with van der Waals surface area (Å²) >= 11 is 0. The van der Waals surface area contributed by atoms with E-state index in [9.17, 15) is 13.2 Å². The maximum absolute atomic E-state index is 12.6. The number of nitrogens with zero attached hydrogens (tertiary/aromatic N) is 1. The first-order valence-corrected chi connectivity index (χ1v) is 4.80. The largest absolute Gasteiger partial charge is 0.465 e. The molecule has 0 radical (unpaired) electrons. The first kappa shape index (κ1) is 13.2. The first-order valence-electron chi connectivity index (χ1n) is 4.80. The van der Waals surface area contributed by atoms with Gasteiger partial charge in [-0.1, -0.05) is 6.42 Å². The van der Waals surface area contributed by atoms with Crippen LogP contribution in [0, 0.1) is 5.92 Å². The summed E-state index contributed by atoms with van der Waals surface area (Å²) in [5.74, 6) is -0.336. The van der Waals surface area contributed by atoms with Crippen molar-refractivity contribution in [2.75, 3.05) is 0 Å². The fourth-order valence-corrected chi connectivity index (χ4v) is 1.62. The van der Waals surface area contributed by atoms with Crippen LogP contribution in [0.4, 0.5) is 13.2 Å². The molecule has 2 rings (SSSR count). The fraction of sp³-hybridized carbons (Fsp3) is 0.667. The fourth-order valence-electron chi connectivity index (χ4n) is 1.62. The molecule has 1 aliphatic carbocycles. The van der Waals surface area contributed by atoms with Crippen LogP contribution in [0.15, 0.2) is 12.3 Å². The second kappa shape index (κ2) is 4.95. The van der Waals surface area contributed by atoms with Gasteiger partial charge in [-0.2, -0.15) is 18.3 Å². The van der Waals surface area contributed by atoms with Gasteiger partial charge in [0.15, 0.2) is 6.10 Å². The highest BCUT2D eigenvalue weighted by atomic mass is 35.5. The minimum atomic E-state index is -4.31. The lowest BCUT2D eigenvalue weighted by Crippen LogP contribution is -2.43. The maximum Gasteiger partial charge on any atom is 0.425 e. The molecule has 0 saturated heterocycles. The monoisotopic (exact) mass is 256 g/mol. The second-order valence-electron chi connectivity index (χ2n) is 3.69. The molecule has 0 aliphatic heterocycles. The SMILES string of the molecule is Cl.FC(F)(F)C(Oc1ccn[nH]1)C1CCC1. The summed E-state index contributed by atoms with van der Waals surface area (Å²) in [5.41, 5.74) is 0. The molecule has 1 atom stereocenters. The van der Waals surface area contributed by atoms with E-state index in [4.69, 9.17) is 4.74 Å². The van der Waals surface area contributed by atoms with Crippen molar-refractivity contribution in [2.24, 2.45) is 5.92 Å². The molecule has 1 aromatic heterocycles. The molecule has 0 amide bonds. The van der Waals surface area contributed by atoms with E-state index in [-0.39, 0.29) is 18.3 Å². The van der Waals surface area contributed by atoms with E-state index in [1.807, 2.05) is 0 Å². The summed E-state index contributed by atoms with van der Waals surface area (Å²) in [6.45, 7) is 0. The number of hydrogen-bond donors (Lipinski definition) is 1. The Hall–Kier alpha value is -0.910. The zero-order valence-electron chi connectivity index (χ0n) is 8.33. The average molecular weight is 257 g/mol. The molecule has 3 nitrogen and oxygen atoms in total. The predicted octanol–water partition coefficient (Wildman–Crippen LogP) is 2.94. The molecule has 1 saturated carbocycles. The van der Waals surface area contributed by atoms with E-state index in [1.165, 1.54) is 12.3 Å². The number of aromatic nitrogens is 2. The zero-order valence-corrected chi connectivity index (χ0v) is 9.14. The zero-order chi connectivity index (χ0) is 10.9. The van der Waals surface area contributed by atoms with Crippen molar-refractivity contribution in [2.45, 2.75) is 31.5 Å². The smallest absolute Gasteiger partial charge is 0.425 e. The van der Waals surface area contributed by atoms with Crippen LogP contribution in [0.3, 0.4) is 0 Å². The molecule has 0 bridgehead atoms. The lowest BCUT2D eigenvalue weighted by molar-refractivity contribution is -0.218. The van der Waals surface area contributed by atoms with E-state index < -0.39 is 18.2 Å². The van der Waals surface area contributed by atoms with Gasteiger partial charge in [0.25, 0.3) is 0 Å². The van der Waals surface area contributed by atoms with Crippen LogP contribution in [0.1, 0.15) is 19.3 Å². The van der Waals surface area contributed by atoms with Gasteiger partial charge >= 0.3 is 6.18 Å². The standard InChI is InChI=1S/C9H11F3N2O.ClH/c10-9(11,12)8(6-2-1-3-6)15-7-4-5-13-14-7;/h4-6,8H,1-3H2,(H,13,14);1H. The van der Waals surface area contributed by atoms with Crippen molar-refractivity contribution in [3.63, 3.8) is 0 Å². The Morgan fingerprint density at radius 2 is 2.12 bits per heavy atom. The summed E-state index contributed by atoms with van der Waals surface area (Å²) in [5, 5.41) is 5.91. The molecule has 1 N–H and O–H groups in total. The third kappa shape index (κ3) is 2.81. The molecule has 16 heavy (non-hydrogen) atoms. The van der Waals surface area contributed by atoms with Gasteiger partial charge in [0.1, 0.15) is 0 Å². The van der Waals surface area contributed by atoms with Crippen LogP contribution in [0.25, 0.3) is 0 Å². The third-order valence-corrected chi connectivity index (χ3v) is 2.63. The van der Waals surface area contributed by atoms with Crippen molar-refractivity contribution >= 4 is 12.4 Å². The maximum atomic E-state index is 12.6. The summed E-state index contributed by atoms with van der Waals surface area (Å²) in [7, 11) is 0. The molecule has 7 heteroatoms. The Labute approximate surface area is 96.8 Å². The van der Waals surface area contributed by atoms with Gasteiger partial charge in [0, 0.05) is 12.0 Å². The van der Waals surface area contributed by atoms with Crippen molar-refractivity contribution < 1.29 is 17.9 Å². The second-order valence-corrected chi connectivity index (χ2v) is 3.69. The normalized spacial score (nSPS) is 18.4. The highest BCUT2D eigenvalue weighted by Crippen LogP contribution is 2.39. The first-order chi connectivity index (χ1) is 7.07. The highest BCUT2D eigenvalue weighted by Gasteiger charge is 2.48. The number of H-pyrrole nitrogens is 1. The topological polar surface area (TPSA) is 37.9 Å². The van der Waals surface area contributed by atoms with Crippen LogP contribution in [0.5, 0.6) is 5.88 Å². The van der Waals surface area contributed by atoms with Crippen LogP contribution < -0.4 is 4.74 Å². The molecule has 0 spiro atoms. The quantitative estimate of drug-likeness (QED) is 0.903. The molecule has 0 aromatic carbocycles. The van der Waals surface area contributed by atoms with E-state index in [1.54, 1.807) is 0 Å². The van der Waals surface area contributed by atoms with E-state index in [0.717, 1.165) is 6.42 Å². The molecule has 92 valence electrons. The molecular weight excluding hydrogens is 245 g/mol. The Morgan fingerprint density at radius 3 is 2.50 bits per heavy atom. The number of ether oxygens (including phenoxy) is 1. The summed E-state index contributed by atoms with van der Waals surface area (Å²) in [6.07, 6.45) is -2.63. The Kier molecular flexibility index (Phi) is 4.07. The van der Waals surface area contributed by atoms with Crippen LogP contribution in [0.2, 0.25) is 0 Å². The summed E-state index contributed by atoms with van der Waals surface area (Å²) < 4.78 is 42.8. The third-order valence-electron chi connectivity index (χ3n) is 2.63. The lowest BCUT2D eigenvalue weighted by Gasteiger charge is -2.34. The van der Waals surface area contributed by atoms with Gasteiger partial charge in [-0.15, -0.1) is 12.4 Å². The number of hydrogen-bond acceptors (Lipinski definition) is 2.